The lowest BCUT2D eigenvalue weighted by molar-refractivity contribution is -0.0924. The molecule has 0 aliphatic carbocycles. The van der Waals surface area contributed by atoms with Gasteiger partial charge in [0.15, 0.2) is 0 Å². The number of methoxy groups -OCH3 is 2. The topological polar surface area (TPSA) is 132 Å². The Kier molecular flexibility index (Phi) is 15.6. The molecule has 1 aliphatic heterocycles. The van der Waals surface area contributed by atoms with Crippen molar-refractivity contribution in [2.45, 2.75) is 70.2 Å². The summed E-state index contributed by atoms with van der Waals surface area (Å²) in [4.78, 5) is 29.7. The number of hydrogen-bond donors (Lipinski definition) is 1. The van der Waals surface area contributed by atoms with Crippen LogP contribution in [-0.4, -0.2) is 78.6 Å². The van der Waals surface area contributed by atoms with E-state index in [-0.39, 0.29) is 44.1 Å². The number of nitrogens with one attached hydrogen (secondary N) is 1. The maximum Gasteiger partial charge on any atom is 0.413 e. The lowest BCUT2D eigenvalue weighted by Gasteiger charge is -2.39. The second kappa shape index (κ2) is 20.5. The fourth-order valence-corrected chi connectivity index (χ4v) is 8.49. The number of hydrogen-bond acceptors (Lipinski definition) is 11. The molecule has 1 aromatic heterocycles. The summed E-state index contributed by atoms with van der Waals surface area (Å²) >= 11 is 0. The molecule has 0 spiro atoms. The van der Waals surface area contributed by atoms with Crippen molar-refractivity contribution in [3.8, 4) is 11.5 Å². The summed E-state index contributed by atoms with van der Waals surface area (Å²) in [6.07, 6.45) is 2.10. The molecule has 3 aromatic carbocycles. The van der Waals surface area contributed by atoms with Gasteiger partial charge in [0.05, 0.1) is 33.5 Å². The molecule has 57 heavy (non-hydrogen) atoms. The molecule has 4 atom stereocenters. The number of ether oxygens (including phenoxy) is 5. The Morgan fingerprint density at radius 1 is 0.912 bits per heavy atom. The summed E-state index contributed by atoms with van der Waals surface area (Å²) < 4.78 is 46.8. The smallest absolute Gasteiger partial charge is 0.413 e. The average Bonchev–Trinajstić information content (AvgIpc) is 3.61. The van der Waals surface area contributed by atoms with Gasteiger partial charge in [-0.25, -0.2) is 14.3 Å². The highest BCUT2D eigenvalue weighted by Gasteiger charge is 2.45. The maximum absolute atomic E-state index is 13.5. The number of nitrogens with zero attached hydrogens (tertiary/aromatic N) is 3. The molecule has 14 heteroatoms. The summed E-state index contributed by atoms with van der Waals surface area (Å²) in [5.41, 5.74) is 0.815. The molecule has 0 bridgehead atoms. The SMILES string of the molecule is C=CCOC(=O)Nc1ccn([C@H]2C[C@H](OP(OCC=C)N(C(C)C)C(C)C)[C@@H](COC(c3ccccc3)(c3ccc(OC)cc3)c3ccc(OC)cc3)O2)c(=O)n1. The van der Waals surface area contributed by atoms with Crippen LogP contribution in [0.2, 0.25) is 0 Å². The second-order valence-electron chi connectivity index (χ2n) is 13.7. The van der Waals surface area contributed by atoms with Crippen molar-refractivity contribution in [2.75, 3.05) is 39.4 Å². The Labute approximate surface area is 336 Å². The van der Waals surface area contributed by atoms with Gasteiger partial charge in [-0.2, -0.15) is 4.98 Å². The van der Waals surface area contributed by atoms with Crippen LogP contribution in [0, 0.1) is 0 Å². The molecule has 1 amide bonds. The van der Waals surface area contributed by atoms with Crippen molar-refractivity contribution in [3.05, 3.63) is 144 Å². The minimum atomic E-state index is -1.62. The first-order chi connectivity index (χ1) is 27.5. The molecule has 0 saturated carbocycles. The summed E-state index contributed by atoms with van der Waals surface area (Å²) in [7, 11) is 1.64. The van der Waals surface area contributed by atoms with Gasteiger partial charge in [-0.3, -0.25) is 9.88 Å². The predicted molar refractivity (Wildman–Crippen MR) is 221 cm³/mol. The Morgan fingerprint density at radius 2 is 1.49 bits per heavy atom. The van der Waals surface area contributed by atoms with E-state index in [1.807, 2.05) is 78.9 Å². The first kappa shape index (κ1) is 43.2. The average molecular weight is 801 g/mol. The third-order valence-corrected chi connectivity index (χ3v) is 11.4. The number of benzene rings is 3. The lowest BCUT2D eigenvalue weighted by Crippen LogP contribution is -2.39. The maximum atomic E-state index is 13.5. The molecular weight excluding hydrogens is 747 g/mol. The van der Waals surface area contributed by atoms with E-state index in [2.05, 4.69) is 55.8 Å². The Balaban J connectivity index is 1.57. The summed E-state index contributed by atoms with van der Waals surface area (Å²) in [6.45, 7) is 16.1. The molecule has 1 unspecified atom stereocenters. The van der Waals surface area contributed by atoms with E-state index in [9.17, 15) is 9.59 Å². The van der Waals surface area contributed by atoms with Crippen LogP contribution in [0.4, 0.5) is 10.6 Å². The van der Waals surface area contributed by atoms with E-state index in [0.717, 1.165) is 16.7 Å². The van der Waals surface area contributed by atoms with E-state index >= 15 is 0 Å². The van der Waals surface area contributed by atoms with Crippen LogP contribution in [0.25, 0.3) is 0 Å². The molecule has 1 aliphatic rings. The number of aromatic nitrogens is 2. The van der Waals surface area contributed by atoms with Crippen molar-refractivity contribution >= 4 is 20.4 Å². The van der Waals surface area contributed by atoms with Crippen LogP contribution in [-0.2, 0) is 28.9 Å². The first-order valence-electron chi connectivity index (χ1n) is 18.8. The molecule has 0 radical (unpaired) electrons. The number of carbonyl (C=O) groups excluding carboxylic acids is 1. The lowest BCUT2D eigenvalue weighted by atomic mass is 9.80. The summed E-state index contributed by atoms with van der Waals surface area (Å²) in [6, 6.07) is 27.2. The number of rotatable bonds is 20. The molecule has 1 N–H and O–H groups in total. The van der Waals surface area contributed by atoms with E-state index in [1.54, 1.807) is 20.3 Å². The zero-order valence-corrected chi connectivity index (χ0v) is 34.3. The van der Waals surface area contributed by atoms with Crippen LogP contribution in [0.1, 0.15) is 57.0 Å². The van der Waals surface area contributed by atoms with Crippen molar-refractivity contribution in [1.29, 1.82) is 0 Å². The highest BCUT2D eigenvalue weighted by atomic mass is 31.2. The van der Waals surface area contributed by atoms with Crippen LogP contribution in [0.5, 0.6) is 11.5 Å². The highest BCUT2D eigenvalue weighted by molar-refractivity contribution is 7.44. The third kappa shape index (κ3) is 10.6. The second-order valence-corrected chi connectivity index (χ2v) is 15.1. The Hall–Kier alpha value is -4.88. The largest absolute Gasteiger partial charge is 0.497 e. The molecule has 13 nitrogen and oxygen atoms in total. The molecule has 1 saturated heterocycles. The molecule has 304 valence electrons. The van der Waals surface area contributed by atoms with Gasteiger partial charge in [-0.05, 0) is 74.7 Å². The Bertz CT molecular complexity index is 1900. The molecule has 4 aromatic rings. The van der Waals surface area contributed by atoms with Gasteiger partial charge < -0.3 is 32.7 Å². The first-order valence-corrected chi connectivity index (χ1v) is 19.9. The van der Waals surface area contributed by atoms with Gasteiger partial charge in [-0.1, -0.05) is 73.3 Å². The quantitative estimate of drug-likeness (QED) is 0.0527. The third-order valence-electron chi connectivity index (χ3n) is 9.30. The van der Waals surface area contributed by atoms with Gasteiger partial charge in [0, 0.05) is 24.7 Å². The molecule has 1 fully saturated rings. The summed E-state index contributed by atoms with van der Waals surface area (Å²) in [5, 5.41) is 2.47. The number of anilines is 1. The van der Waals surface area contributed by atoms with E-state index < -0.39 is 44.3 Å². The van der Waals surface area contributed by atoms with Gasteiger partial charge in [0.2, 0.25) is 0 Å². The zero-order valence-electron chi connectivity index (χ0n) is 33.4. The number of amides is 1. The van der Waals surface area contributed by atoms with Gasteiger partial charge in [0.1, 0.15) is 41.9 Å². The van der Waals surface area contributed by atoms with Crippen molar-refractivity contribution in [3.63, 3.8) is 0 Å². The van der Waals surface area contributed by atoms with Crippen LogP contribution < -0.4 is 20.5 Å². The minimum absolute atomic E-state index is 0.0102. The van der Waals surface area contributed by atoms with Crippen LogP contribution in [0.15, 0.2) is 121 Å². The van der Waals surface area contributed by atoms with E-state index in [4.69, 9.17) is 32.7 Å². The zero-order chi connectivity index (χ0) is 41.0. The van der Waals surface area contributed by atoms with Crippen molar-refractivity contribution in [1.82, 2.24) is 14.2 Å². The van der Waals surface area contributed by atoms with Gasteiger partial charge >= 0.3 is 11.8 Å². The van der Waals surface area contributed by atoms with Gasteiger partial charge in [0.25, 0.3) is 8.53 Å². The van der Waals surface area contributed by atoms with Gasteiger partial charge in [-0.15, -0.1) is 6.58 Å². The highest BCUT2D eigenvalue weighted by Crippen LogP contribution is 2.50. The monoisotopic (exact) mass is 800 g/mol. The van der Waals surface area contributed by atoms with Crippen molar-refractivity contribution in [2.24, 2.45) is 0 Å². The fraction of sp³-hybridized carbons (Fsp3) is 0.372. The predicted octanol–water partition coefficient (Wildman–Crippen LogP) is 8.22. The fourth-order valence-electron chi connectivity index (χ4n) is 6.75. The Morgan fingerprint density at radius 3 is 2.02 bits per heavy atom. The molecule has 2 heterocycles. The summed E-state index contributed by atoms with van der Waals surface area (Å²) in [5.74, 6) is 1.44. The molecule has 5 rings (SSSR count). The number of carbonyl (C=O) groups is 1. The standard InChI is InChI=1S/C43H53N4O9P/c1-9-26-52-42(49)45-39-24-25-46(41(48)44-39)40-28-37(56-57(54-27-10-2)47(30(3)4)31(5)6)38(55-40)29-53-43(32-14-12-11-13-15-32,33-16-20-35(50-7)21-17-33)34-18-22-36(51-8)23-19-34/h9-25,30-31,37-38,40H,1-2,26-29H2,3-8H3,(H,44,45,48,49)/t37-,38+,40+,57?/m0/s1. The minimum Gasteiger partial charge on any atom is -0.497 e. The van der Waals surface area contributed by atoms with E-state index in [1.165, 1.54) is 22.9 Å². The van der Waals surface area contributed by atoms with Crippen LogP contribution >= 0.6 is 8.53 Å². The molecular formula is C43H53N4O9P. The normalized spacial score (nSPS) is 17.4. The van der Waals surface area contributed by atoms with E-state index in [0.29, 0.717) is 11.5 Å². The van der Waals surface area contributed by atoms with Crippen LogP contribution in [0.3, 0.4) is 0 Å². The van der Waals surface area contributed by atoms with Crippen molar-refractivity contribution < 1.29 is 37.5 Å².